The summed E-state index contributed by atoms with van der Waals surface area (Å²) < 4.78 is 0. The molecule has 10 heteroatoms. The van der Waals surface area contributed by atoms with Crippen LogP contribution >= 0.6 is 11.6 Å². The molecule has 2 amide bonds. The Kier molecular flexibility index (Phi) is 6.38. The number of halogens is 1. The number of hydrogen-bond acceptors (Lipinski definition) is 7. The van der Waals surface area contributed by atoms with Crippen molar-refractivity contribution >= 4 is 46.4 Å². The minimum absolute atomic E-state index is 0.101. The quantitative estimate of drug-likeness (QED) is 0.179. The van der Waals surface area contributed by atoms with Gasteiger partial charge >= 0.3 is 0 Å². The van der Waals surface area contributed by atoms with E-state index in [0.717, 1.165) is 4.90 Å². The molecule has 9 nitrogen and oxygen atoms in total. The van der Waals surface area contributed by atoms with Crippen LogP contribution in [0.3, 0.4) is 0 Å². The lowest BCUT2D eigenvalue weighted by Gasteiger charge is -2.33. The van der Waals surface area contributed by atoms with Crippen molar-refractivity contribution < 1.29 is 24.1 Å². The molecule has 3 aromatic rings. The minimum atomic E-state index is -1.08. The maximum Gasteiger partial charge on any atom is 0.271 e. The molecule has 0 radical (unpaired) electrons. The number of rotatable bonds is 6. The smallest absolute Gasteiger partial charge is 0.271 e. The Bertz CT molecular complexity index is 1700. The van der Waals surface area contributed by atoms with Gasteiger partial charge in [0.15, 0.2) is 11.6 Å². The molecule has 4 atom stereocenters. The van der Waals surface area contributed by atoms with Crippen molar-refractivity contribution in [3.05, 3.63) is 129 Å². The van der Waals surface area contributed by atoms with Crippen LogP contribution in [0.5, 0.6) is 0 Å². The summed E-state index contributed by atoms with van der Waals surface area (Å²) in [5, 5.41) is 11.9. The van der Waals surface area contributed by atoms with Crippen LogP contribution in [0.4, 0.5) is 11.4 Å². The van der Waals surface area contributed by atoms with E-state index >= 15 is 0 Å². The van der Waals surface area contributed by atoms with Gasteiger partial charge in [-0.25, -0.2) is 4.90 Å². The average Bonchev–Trinajstić information content (AvgIpc) is 3.44. The topological polar surface area (TPSA) is 118 Å². The predicted molar refractivity (Wildman–Crippen MR) is 150 cm³/mol. The molecule has 0 bridgehead atoms. The zero-order valence-corrected chi connectivity index (χ0v) is 22.4. The maximum atomic E-state index is 14.0. The van der Waals surface area contributed by atoms with E-state index in [9.17, 15) is 29.3 Å². The van der Waals surface area contributed by atoms with E-state index in [2.05, 4.69) is 0 Å². The van der Waals surface area contributed by atoms with Crippen LogP contribution in [0.2, 0.25) is 5.02 Å². The van der Waals surface area contributed by atoms with E-state index in [4.69, 9.17) is 11.6 Å². The fraction of sp³-hybridized carbons (Fsp3) is 0.161. The van der Waals surface area contributed by atoms with E-state index in [1.54, 1.807) is 84.8 Å². The molecule has 3 heterocycles. The number of fused-ring (bicyclic) bond motifs is 3. The summed E-state index contributed by atoms with van der Waals surface area (Å²) in [6.45, 7) is 1.65. The molecule has 3 aromatic carbocycles. The van der Waals surface area contributed by atoms with Gasteiger partial charge < -0.3 is 4.90 Å². The first kappa shape index (κ1) is 26.3. The highest BCUT2D eigenvalue weighted by Crippen LogP contribution is 2.48. The standard InChI is InChI=1S/C31H22ClN3O6/c1-17-7-12-22(35(40)41)16-23(17)34-30(38)25-24-15-20(28(36)18-5-3-2-4-6-18)13-14-33(24)27(26(25)31(34)39)29(37)19-8-10-21(32)11-9-19/h2-16,24-27H,1H3. The van der Waals surface area contributed by atoms with Crippen molar-refractivity contribution in [1.29, 1.82) is 0 Å². The Morgan fingerprint density at radius 3 is 2.27 bits per heavy atom. The number of hydrogen-bond donors (Lipinski definition) is 0. The molecule has 0 aromatic heterocycles. The highest BCUT2D eigenvalue weighted by Gasteiger charge is 2.63. The number of imide groups is 1. The van der Waals surface area contributed by atoms with Gasteiger partial charge in [-0.15, -0.1) is 0 Å². The fourth-order valence-electron chi connectivity index (χ4n) is 5.93. The number of aryl methyl sites for hydroxylation is 1. The van der Waals surface area contributed by atoms with Gasteiger partial charge in [0, 0.05) is 40.1 Å². The lowest BCUT2D eigenvalue weighted by molar-refractivity contribution is -0.384. The monoisotopic (exact) mass is 567 g/mol. The van der Waals surface area contributed by atoms with Crippen LogP contribution in [0, 0.1) is 28.9 Å². The molecule has 0 spiro atoms. The summed E-state index contributed by atoms with van der Waals surface area (Å²) in [5.41, 5.74) is 1.43. The van der Waals surface area contributed by atoms with Crippen molar-refractivity contribution in [3.8, 4) is 0 Å². The third kappa shape index (κ3) is 4.25. The second-order valence-corrected chi connectivity index (χ2v) is 10.6. The molecule has 3 aliphatic rings. The molecular formula is C31H22ClN3O6. The molecule has 0 N–H and O–H groups in total. The number of nitro groups is 1. The third-order valence-electron chi connectivity index (χ3n) is 7.89. The summed E-state index contributed by atoms with van der Waals surface area (Å²) in [7, 11) is 0. The van der Waals surface area contributed by atoms with E-state index in [0.29, 0.717) is 27.3 Å². The fourth-order valence-corrected chi connectivity index (χ4v) is 6.05. The van der Waals surface area contributed by atoms with E-state index < -0.39 is 40.7 Å². The van der Waals surface area contributed by atoms with Crippen molar-refractivity contribution in [2.45, 2.75) is 19.0 Å². The second kappa shape index (κ2) is 9.94. The Morgan fingerprint density at radius 2 is 1.59 bits per heavy atom. The van der Waals surface area contributed by atoms with Crippen LogP contribution < -0.4 is 4.90 Å². The number of carbonyl (C=O) groups excluding carboxylic acids is 4. The molecule has 4 unspecified atom stereocenters. The normalized spacial score (nSPS) is 22.8. The van der Waals surface area contributed by atoms with Crippen LogP contribution in [-0.2, 0) is 9.59 Å². The van der Waals surface area contributed by atoms with E-state index in [-0.39, 0.29) is 22.9 Å². The Morgan fingerprint density at radius 1 is 0.902 bits per heavy atom. The predicted octanol–water partition coefficient (Wildman–Crippen LogP) is 4.93. The molecule has 3 aliphatic heterocycles. The van der Waals surface area contributed by atoms with Gasteiger partial charge in [0.25, 0.3) is 5.69 Å². The highest BCUT2D eigenvalue weighted by atomic mass is 35.5. The summed E-state index contributed by atoms with van der Waals surface area (Å²) in [5.74, 6) is -3.92. The van der Waals surface area contributed by atoms with Gasteiger partial charge in [-0.2, -0.15) is 0 Å². The number of allylic oxidation sites excluding steroid dienone is 2. The van der Waals surface area contributed by atoms with Gasteiger partial charge in [0.2, 0.25) is 11.8 Å². The minimum Gasteiger partial charge on any atom is -0.359 e. The SMILES string of the molecule is Cc1ccc([N+](=O)[O-])cc1N1C(=O)C2C(C1=O)C(C(=O)c1ccc(Cl)cc1)N1C=CC(C(=O)c3ccccc3)=CC21. The van der Waals surface area contributed by atoms with Crippen molar-refractivity contribution in [3.63, 3.8) is 0 Å². The van der Waals surface area contributed by atoms with Gasteiger partial charge in [-0.05, 0) is 42.8 Å². The van der Waals surface area contributed by atoms with Crippen molar-refractivity contribution in [1.82, 2.24) is 4.90 Å². The Balaban J connectivity index is 1.45. The van der Waals surface area contributed by atoms with Crippen molar-refractivity contribution in [2.75, 3.05) is 4.90 Å². The van der Waals surface area contributed by atoms with E-state index in [1.165, 1.54) is 18.2 Å². The number of anilines is 1. The largest absolute Gasteiger partial charge is 0.359 e. The molecule has 0 saturated carbocycles. The van der Waals surface area contributed by atoms with E-state index in [1.807, 2.05) is 0 Å². The molecule has 6 rings (SSSR count). The highest BCUT2D eigenvalue weighted by molar-refractivity contribution is 6.30. The third-order valence-corrected chi connectivity index (χ3v) is 8.14. The maximum absolute atomic E-state index is 14.0. The summed E-state index contributed by atoms with van der Waals surface area (Å²) in [4.78, 5) is 68.8. The number of amides is 2. The summed E-state index contributed by atoms with van der Waals surface area (Å²) in [6, 6.07) is 17.1. The van der Waals surface area contributed by atoms with Crippen LogP contribution in [-0.4, -0.2) is 45.3 Å². The van der Waals surface area contributed by atoms with Crippen molar-refractivity contribution in [2.24, 2.45) is 11.8 Å². The molecule has 41 heavy (non-hydrogen) atoms. The summed E-state index contributed by atoms with van der Waals surface area (Å²) in [6.07, 6.45) is 4.82. The number of benzene rings is 3. The number of nitro benzene ring substituents is 1. The first-order valence-electron chi connectivity index (χ1n) is 12.9. The van der Waals surface area contributed by atoms with Gasteiger partial charge in [-0.3, -0.25) is 29.3 Å². The summed E-state index contributed by atoms with van der Waals surface area (Å²) >= 11 is 6.03. The lowest BCUT2D eigenvalue weighted by Crippen LogP contribution is -2.46. The van der Waals surface area contributed by atoms with Crippen LogP contribution in [0.25, 0.3) is 0 Å². The average molecular weight is 568 g/mol. The number of carbonyl (C=O) groups is 4. The number of ketones is 2. The molecular weight excluding hydrogens is 546 g/mol. The Labute approximate surface area is 239 Å². The number of nitrogens with zero attached hydrogens (tertiary/aromatic N) is 3. The van der Waals surface area contributed by atoms with Gasteiger partial charge in [0.1, 0.15) is 6.04 Å². The number of non-ortho nitro benzene ring substituents is 1. The zero-order valence-electron chi connectivity index (χ0n) is 21.6. The van der Waals surface area contributed by atoms with Gasteiger partial charge in [-0.1, -0.05) is 54.1 Å². The molecule has 204 valence electrons. The second-order valence-electron chi connectivity index (χ2n) is 10.2. The van der Waals surface area contributed by atoms with Crippen LogP contribution in [0.15, 0.2) is 96.7 Å². The molecule has 0 aliphatic carbocycles. The molecule has 2 fully saturated rings. The zero-order chi connectivity index (χ0) is 29.0. The Hall–Kier alpha value is -4.89. The van der Waals surface area contributed by atoms with Crippen LogP contribution in [0.1, 0.15) is 26.3 Å². The van der Waals surface area contributed by atoms with Gasteiger partial charge in [0.05, 0.1) is 28.5 Å². The first-order valence-corrected chi connectivity index (χ1v) is 13.2. The lowest BCUT2D eigenvalue weighted by atomic mass is 9.85. The number of Topliss-reactive ketones (excluding diaryl/α,β-unsaturated/α-hetero) is 2. The first-order chi connectivity index (χ1) is 19.7. The molecule has 2 saturated heterocycles.